The van der Waals surface area contributed by atoms with Crippen LogP contribution in [-0.2, 0) is 0 Å². The van der Waals surface area contributed by atoms with Gasteiger partial charge in [0, 0.05) is 11.1 Å². The maximum absolute atomic E-state index is 9.73. The molecule has 0 aliphatic rings. The number of fused-ring (bicyclic) bond motifs is 1. The Labute approximate surface area is 125 Å². The normalized spacial score (nSPS) is 12.7. The number of para-hydroxylation sites is 1. The third kappa shape index (κ3) is 2.85. The number of aliphatic hydroxyl groups is 1. The lowest BCUT2D eigenvalue weighted by Gasteiger charge is -2.06. The second kappa shape index (κ2) is 5.91. The average Bonchev–Trinajstić information content (AvgIpc) is 2.89. The molecular formula is C15H14N2OS2. The predicted molar refractivity (Wildman–Crippen MR) is 83.2 cm³/mol. The van der Waals surface area contributed by atoms with Crippen molar-refractivity contribution in [1.82, 2.24) is 9.97 Å². The summed E-state index contributed by atoms with van der Waals surface area (Å²) in [4.78, 5) is 9.93. The molecule has 20 heavy (non-hydrogen) atoms. The molecule has 0 aliphatic carbocycles. The van der Waals surface area contributed by atoms with Crippen LogP contribution in [0.4, 0.5) is 0 Å². The highest BCUT2D eigenvalue weighted by Gasteiger charge is 2.08. The van der Waals surface area contributed by atoms with Gasteiger partial charge < -0.3 is 5.11 Å². The summed E-state index contributed by atoms with van der Waals surface area (Å²) < 4.78 is 2.21. The lowest BCUT2D eigenvalue weighted by molar-refractivity contribution is 0.169. The van der Waals surface area contributed by atoms with E-state index in [1.54, 1.807) is 29.3 Å². The third-order valence-corrected chi connectivity index (χ3v) is 5.04. The second-order valence-corrected chi connectivity index (χ2v) is 6.74. The lowest BCUT2D eigenvalue weighted by Crippen LogP contribution is -1.97. The Balaban J connectivity index is 1.80. The number of hydrogen-bond acceptors (Lipinski definition) is 5. The van der Waals surface area contributed by atoms with E-state index in [0.717, 1.165) is 20.4 Å². The van der Waals surface area contributed by atoms with Crippen molar-refractivity contribution in [2.75, 3.05) is 0 Å². The van der Waals surface area contributed by atoms with E-state index in [2.05, 4.69) is 16.0 Å². The van der Waals surface area contributed by atoms with Crippen molar-refractivity contribution in [3.63, 3.8) is 0 Å². The molecule has 0 aliphatic heterocycles. The van der Waals surface area contributed by atoms with Crippen LogP contribution in [0.1, 0.15) is 25.1 Å². The van der Waals surface area contributed by atoms with Crippen molar-refractivity contribution < 1.29 is 5.11 Å². The van der Waals surface area contributed by atoms with Gasteiger partial charge in [0.1, 0.15) is 0 Å². The van der Waals surface area contributed by atoms with Gasteiger partial charge in [-0.15, -0.1) is 11.3 Å². The van der Waals surface area contributed by atoms with Crippen LogP contribution < -0.4 is 0 Å². The number of nitrogens with zero attached hydrogens (tertiary/aromatic N) is 2. The topological polar surface area (TPSA) is 46.0 Å². The summed E-state index contributed by atoms with van der Waals surface area (Å²) in [5.41, 5.74) is 1.76. The molecule has 102 valence electrons. The van der Waals surface area contributed by atoms with Crippen molar-refractivity contribution in [2.45, 2.75) is 28.7 Å². The van der Waals surface area contributed by atoms with Crippen molar-refractivity contribution in [3.05, 3.63) is 48.3 Å². The van der Waals surface area contributed by atoms with Gasteiger partial charge in [-0.3, -0.25) is 4.98 Å². The maximum Gasteiger partial charge on any atom is 0.155 e. The van der Waals surface area contributed by atoms with Gasteiger partial charge in [0.2, 0.25) is 0 Å². The van der Waals surface area contributed by atoms with Crippen LogP contribution in [0.25, 0.3) is 10.2 Å². The first-order chi connectivity index (χ1) is 9.76. The van der Waals surface area contributed by atoms with E-state index in [9.17, 15) is 5.11 Å². The predicted octanol–water partition coefficient (Wildman–Crippen LogP) is 4.29. The van der Waals surface area contributed by atoms with E-state index >= 15 is 0 Å². The summed E-state index contributed by atoms with van der Waals surface area (Å²) in [6, 6.07) is 12.0. The number of hydrogen-bond donors (Lipinski definition) is 1. The zero-order chi connectivity index (χ0) is 13.9. The molecule has 0 saturated heterocycles. The quantitative estimate of drug-likeness (QED) is 0.781. The fraction of sp³-hybridized carbons (Fsp3) is 0.200. The van der Waals surface area contributed by atoms with Crippen LogP contribution in [0.5, 0.6) is 0 Å². The molecule has 2 heterocycles. The highest BCUT2D eigenvalue weighted by atomic mass is 32.2. The molecular weight excluding hydrogens is 288 g/mol. The number of aromatic nitrogens is 2. The molecule has 0 amide bonds. The number of benzene rings is 1. The molecule has 1 aromatic carbocycles. The summed E-state index contributed by atoms with van der Waals surface area (Å²) in [6.45, 7) is 1.94. The Morgan fingerprint density at radius 2 is 2.10 bits per heavy atom. The molecule has 5 heteroatoms. The number of thiazole rings is 1. The summed E-state index contributed by atoms with van der Waals surface area (Å²) in [5, 5.41) is 9.73. The van der Waals surface area contributed by atoms with Gasteiger partial charge in [0.15, 0.2) is 4.34 Å². The van der Waals surface area contributed by atoms with Crippen molar-refractivity contribution in [1.29, 1.82) is 0 Å². The average molecular weight is 302 g/mol. The van der Waals surface area contributed by atoms with Gasteiger partial charge >= 0.3 is 0 Å². The smallest absolute Gasteiger partial charge is 0.155 e. The Morgan fingerprint density at radius 1 is 1.25 bits per heavy atom. The lowest BCUT2D eigenvalue weighted by atomic mass is 10.2. The zero-order valence-corrected chi connectivity index (χ0v) is 12.6. The Morgan fingerprint density at radius 3 is 2.80 bits per heavy atom. The molecule has 0 spiro atoms. The molecule has 3 nitrogen and oxygen atoms in total. The molecule has 2 aromatic heterocycles. The van der Waals surface area contributed by atoms with Crippen LogP contribution in [-0.4, -0.2) is 15.1 Å². The van der Waals surface area contributed by atoms with E-state index in [4.69, 9.17) is 0 Å². The monoisotopic (exact) mass is 302 g/mol. The van der Waals surface area contributed by atoms with Crippen molar-refractivity contribution in [2.24, 2.45) is 0 Å². The number of pyridine rings is 1. The van der Waals surface area contributed by atoms with E-state index in [-0.39, 0.29) is 0 Å². The molecule has 0 unspecified atom stereocenters. The number of aliphatic hydroxyl groups excluding tert-OH is 1. The maximum atomic E-state index is 9.73. The zero-order valence-electron chi connectivity index (χ0n) is 11.0. The fourth-order valence-corrected chi connectivity index (χ4v) is 3.86. The van der Waals surface area contributed by atoms with Crippen LogP contribution in [0, 0.1) is 0 Å². The molecule has 1 N–H and O–H groups in total. The van der Waals surface area contributed by atoms with Crippen LogP contribution >= 0.6 is 23.1 Å². The number of rotatable bonds is 4. The minimum absolute atomic E-state index is 0.475. The fourth-order valence-electron chi connectivity index (χ4n) is 1.85. The van der Waals surface area contributed by atoms with E-state index in [0.29, 0.717) is 6.42 Å². The van der Waals surface area contributed by atoms with E-state index in [1.807, 2.05) is 37.3 Å². The van der Waals surface area contributed by atoms with Gasteiger partial charge in [-0.05, 0) is 30.7 Å². The van der Waals surface area contributed by atoms with E-state index in [1.165, 1.54) is 4.70 Å². The molecule has 3 aromatic rings. The largest absolute Gasteiger partial charge is 0.387 e. The summed E-state index contributed by atoms with van der Waals surface area (Å²) in [5.74, 6) is 0. The highest BCUT2D eigenvalue weighted by Crippen LogP contribution is 2.34. The first kappa shape index (κ1) is 13.5. The Bertz CT molecular complexity index is 676. The summed E-state index contributed by atoms with van der Waals surface area (Å²) in [6.07, 6.45) is 2.00. The SMILES string of the molecule is CC[C@H](O)c1ccc(Sc2nc3ccccc3s2)cn1. The summed E-state index contributed by atoms with van der Waals surface area (Å²) in [7, 11) is 0. The highest BCUT2D eigenvalue weighted by molar-refractivity contribution is 8.01. The van der Waals surface area contributed by atoms with Gasteiger partial charge in [0.05, 0.1) is 22.0 Å². The third-order valence-electron chi connectivity index (χ3n) is 2.97. The molecule has 0 saturated carbocycles. The van der Waals surface area contributed by atoms with E-state index < -0.39 is 6.10 Å². The first-order valence-electron chi connectivity index (χ1n) is 6.43. The van der Waals surface area contributed by atoms with Gasteiger partial charge in [-0.1, -0.05) is 30.8 Å². The molecule has 0 bridgehead atoms. The van der Waals surface area contributed by atoms with Gasteiger partial charge in [-0.2, -0.15) is 0 Å². The minimum atomic E-state index is -0.475. The van der Waals surface area contributed by atoms with Crippen LogP contribution in [0.3, 0.4) is 0 Å². The minimum Gasteiger partial charge on any atom is -0.387 e. The van der Waals surface area contributed by atoms with Crippen molar-refractivity contribution in [3.8, 4) is 0 Å². The second-order valence-electron chi connectivity index (χ2n) is 4.39. The Kier molecular flexibility index (Phi) is 4.00. The van der Waals surface area contributed by atoms with Gasteiger partial charge in [-0.25, -0.2) is 4.98 Å². The Hall–Kier alpha value is -1.43. The summed E-state index contributed by atoms with van der Waals surface area (Å²) >= 11 is 3.29. The van der Waals surface area contributed by atoms with Gasteiger partial charge in [0.25, 0.3) is 0 Å². The standard InChI is InChI=1S/C15H14N2OS2/c1-2-13(18)11-8-7-10(9-16-11)19-15-17-12-5-3-4-6-14(12)20-15/h3-9,13,18H,2H2,1H3/t13-/m0/s1. The molecule has 0 fully saturated rings. The molecule has 0 radical (unpaired) electrons. The first-order valence-corrected chi connectivity index (χ1v) is 8.07. The van der Waals surface area contributed by atoms with Crippen molar-refractivity contribution >= 4 is 33.3 Å². The molecule has 1 atom stereocenters. The van der Waals surface area contributed by atoms with Crippen LogP contribution in [0.2, 0.25) is 0 Å². The molecule has 3 rings (SSSR count). The van der Waals surface area contributed by atoms with Crippen LogP contribution in [0.15, 0.2) is 51.8 Å².